The van der Waals surface area contributed by atoms with E-state index in [1.807, 2.05) is 0 Å². The SMILES string of the molecule is COc1cccc(NC(=O)[C@H](C)OC(=O)c2cncc(Br)c2)c1. The van der Waals surface area contributed by atoms with Crippen molar-refractivity contribution in [1.29, 1.82) is 0 Å². The molecule has 0 spiro atoms. The van der Waals surface area contributed by atoms with Crippen LogP contribution in [0.4, 0.5) is 5.69 Å². The highest BCUT2D eigenvalue weighted by molar-refractivity contribution is 9.10. The Morgan fingerprint density at radius 3 is 2.74 bits per heavy atom. The van der Waals surface area contributed by atoms with Gasteiger partial charge < -0.3 is 14.8 Å². The van der Waals surface area contributed by atoms with E-state index in [2.05, 4.69) is 26.2 Å². The molecule has 0 radical (unpaired) electrons. The lowest BCUT2D eigenvalue weighted by molar-refractivity contribution is -0.123. The third kappa shape index (κ3) is 4.79. The molecule has 1 heterocycles. The molecule has 1 aromatic carbocycles. The summed E-state index contributed by atoms with van der Waals surface area (Å²) in [4.78, 5) is 28.0. The van der Waals surface area contributed by atoms with Crippen LogP contribution < -0.4 is 10.1 Å². The van der Waals surface area contributed by atoms with Crippen molar-refractivity contribution in [3.05, 3.63) is 52.8 Å². The molecule has 0 saturated heterocycles. The molecule has 0 aliphatic heterocycles. The van der Waals surface area contributed by atoms with Crippen LogP contribution in [-0.2, 0) is 9.53 Å². The number of nitrogens with zero attached hydrogens (tertiary/aromatic N) is 1. The zero-order valence-electron chi connectivity index (χ0n) is 12.6. The number of carbonyl (C=O) groups is 2. The Labute approximate surface area is 142 Å². The van der Waals surface area contributed by atoms with E-state index in [1.54, 1.807) is 36.5 Å². The maximum atomic E-state index is 12.1. The van der Waals surface area contributed by atoms with E-state index in [1.165, 1.54) is 20.2 Å². The molecule has 1 atom stereocenters. The summed E-state index contributed by atoms with van der Waals surface area (Å²) >= 11 is 3.22. The van der Waals surface area contributed by atoms with Gasteiger partial charge in [0.05, 0.1) is 12.7 Å². The van der Waals surface area contributed by atoms with Gasteiger partial charge in [-0.15, -0.1) is 0 Å². The predicted molar refractivity (Wildman–Crippen MR) is 88.4 cm³/mol. The third-order valence-corrected chi connectivity index (χ3v) is 3.36. The first-order valence-corrected chi connectivity index (χ1v) is 7.55. The molecule has 2 rings (SSSR count). The average Bonchev–Trinajstić information content (AvgIpc) is 2.54. The van der Waals surface area contributed by atoms with E-state index in [0.29, 0.717) is 15.9 Å². The molecule has 23 heavy (non-hydrogen) atoms. The van der Waals surface area contributed by atoms with Gasteiger partial charge in [-0.3, -0.25) is 9.78 Å². The van der Waals surface area contributed by atoms with Crippen LogP contribution in [0.3, 0.4) is 0 Å². The van der Waals surface area contributed by atoms with Crippen molar-refractivity contribution in [1.82, 2.24) is 4.98 Å². The van der Waals surface area contributed by atoms with Crippen LogP contribution >= 0.6 is 15.9 Å². The van der Waals surface area contributed by atoms with E-state index in [0.717, 1.165) is 0 Å². The molecule has 0 aliphatic carbocycles. The minimum Gasteiger partial charge on any atom is -0.497 e. The van der Waals surface area contributed by atoms with Gasteiger partial charge in [0.15, 0.2) is 6.10 Å². The van der Waals surface area contributed by atoms with Crippen LogP contribution in [0.15, 0.2) is 47.2 Å². The molecule has 120 valence electrons. The number of halogens is 1. The van der Waals surface area contributed by atoms with Gasteiger partial charge in [0.1, 0.15) is 5.75 Å². The fourth-order valence-electron chi connectivity index (χ4n) is 1.75. The molecule has 0 bridgehead atoms. The molecule has 0 fully saturated rings. The molecule has 7 heteroatoms. The largest absolute Gasteiger partial charge is 0.497 e. The molecular weight excluding hydrogens is 364 g/mol. The second-order valence-electron chi connectivity index (χ2n) is 4.66. The zero-order chi connectivity index (χ0) is 16.8. The highest BCUT2D eigenvalue weighted by Crippen LogP contribution is 2.17. The van der Waals surface area contributed by atoms with Gasteiger partial charge in [-0.1, -0.05) is 6.07 Å². The van der Waals surface area contributed by atoms with Gasteiger partial charge in [-0.2, -0.15) is 0 Å². The number of carbonyl (C=O) groups excluding carboxylic acids is 2. The van der Waals surface area contributed by atoms with Gasteiger partial charge in [-0.05, 0) is 41.1 Å². The fourth-order valence-corrected chi connectivity index (χ4v) is 2.12. The van der Waals surface area contributed by atoms with E-state index in [4.69, 9.17) is 9.47 Å². The molecule has 0 saturated carbocycles. The molecule has 1 aromatic heterocycles. The number of methoxy groups -OCH3 is 1. The number of benzene rings is 1. The van der Waals surface area contributed by atoms with Gasteiger partial charge in [-0.25, -0.2) is 4.79 Å². The fraction of sp³-hybridized carbons (Fsp3) is 0.188. The van der Waals surface area contributed by atoms with Gasteiger partial charge in [0.2, 0.25) is 0 Å². The second kappa shape index (κ2) is 7.73. The summed E-state index contributed by atoms with van der Waals surface area (Å²) in [5, 5.41) is 2.66. The first-order chi connectivity index (χ1) is 11.0. The summed E-state index contributed by atoms with van der Waals surface area (Å²) < 4.78 is 10.9. The highest BCUT2D eigenvalue weighted by atomic mass is 79.9. The predicted octanol–water partition coefficient (Wildman–Crippen LogP) is 3.04. The average molecular weight is 379 g/mol. The molecule has 2 aromatic rings. The molecular formula is C16H15BrN2O4. The number of ether oxygens (including phenoxy) is 2. The summed E-state index contributed by atoms with van der Waals surface area (Å²) in [6.07, 6.45) is 1.97. The van der Waals surface area contributed by atoms with Crippen LogP contribution in [0.25, 0.3) is 0 Å². The summed E-state index contributed by atoms with van der Waals surface area (Å²) in [6.45, 7) is 1.50. The minimum atomic E-state index is -0.951. The third-order valence-electron chi connectivity index (χ3n) is 2.93. The second-order valence-corrected chi connectivity index (χ2v) is 5.58. The number of nitrogens with one attached hydrogen (secondary N) is 1. The summed E-state index contributed by atoms with van der Waals surface area (Å²) in [5.41, 5.74) is 0.821. The number of aromatic nitrogens is 1. The van der Waals surface area contributed by atoms with Gasteiger partial charge >= 0.3 is 5.97 Å². The Morgan fingerprint density at radius 1 is 1.26 bits per heavy atom. The van der Waals surface area contributed by atoms with Crippen LogP contribution in [0.1, 0.15) is 17.3 Å². The number of rotatable bonds is 5. The normalized spacial score (nSPS) is 11.4. The van der Waals surface area contributed by atoms with E-state index >= 15 is 0 Å². The molecule has 1 N–H and O–H groups in total. The maximum Gasteiger partial charge on any atom is 0.340 e. The van der Waals surface area contributed by atoms with Crippen molar-refractivity contribution in [3.8, 4) is 5.75 Å². The number of esters is 1. The van der Waals surface area contributed by atoms with Crippen molar-refractivity contribution in [2.45, 2.75) is 13.0 Å². The first-order valence-electron chi connectivity index (χ1n) is 6.76. The van der Waals surface area contributed by atoms with Crippen molar-refractivity contribution in [2.75, 3.05) is 12.4 Å². The number of amides is 1. The standard InChI is InChI=1S/C16H15BrN2O4/c1-10(23-16(21)11-6-12(17)9-18-8-11)15(20)19-13-4-3-5-14(7-13)22-2/h3-10H,1-2H3,(H,19,20)/t10-/m0/s1. The van der Waals surface area contributed by atoms with E-state index < -0.39 is 18.0 Å². The molecule has 6 nitrogen and oxygen atoms in total. The number of hydrogen-bond donors (Lipinski definition) is 1. The topological polar surface area (TPSA) is 77.5 Å². The summed E-state index contributed by atoms with van der Waals surface area (Å²) in [7, 11) is 1.54. The van der Waals surface area contributed by atoms with Gasteiger partial charge in [0, 0.05) is 28.6 Å². The van der Waals surface area contributed by atoms with E-state index in [-0.39, 0.29) is 5.56 Å². The lowest BCUT2D eigenvalue weighted by Crippen LogP contribution is -2.30. The molecule has 1 amide bonds. The Balaban J connectivity index is 1.98. The first kappa shape index (κ1) is 17.0. The van der Waals surface area contributed by atoms with Gasteiger partial charge in [0.25, 0.3) is 5.91 Å². The lowest BCUT2D eigenvalue weighted by atomic mass is 10.2. The summed E-state index contributed by atoms with van der Waals surface area (Å²) in [6, 6.07) is 8.47. The molecule has 0 unspecified atom stereocenters. The summed E-state index contributed by atoms with van der Waals surface area (Å²) in [5.74, 6) is -0.436. The zero-order valence-corrected chi connectivity index (χ0v) is 14.2. The van der Waals surface area contributed by atoms with Crippen molar-refractivity contribution in [3.63, 3.8) is 0 Å². The number of anilines is 1. The monoisotopic (exact) mass is 378 g/mol. The van der Waals surface area contributed by atoms with Crippen LogP contribution in [-0.4, -0.2) is 30.1 Å². The quantitative estimate of drug-likeness (QED) is 0.809. The van der Waals surface area contributed by atoms with Crippen LogP contribution in [0.5, 0.6) is 5.75 Å². The van der Waals surface area contributed by atoms with Crippen molar-refractivity contribution >= 4 is 33.5 Å². The minimum absolute atomic E-state index is 0.264. The van der Waals surface area contributed by atoms with Crippen LogP contribution in [0, 0.1) is 0 Å². The smallest absolute Gasteiger partial charge is 0.340 e. The highest BCUT2D eigenvalue weighted by Gasteiger charge is 2.19. The van der Waals surface area contributed by atoms with Crippen molar-refractivity contribution < 1.29 is 19.1 Å². The van der Waals surface area contributed by atoms with Crippen LogP contribution in [0.2, 0.25) is 0 Å². The number of pyridine rings is 1. The van der Waals surface area contributed by atoms with Crippen molar-refractivity contribution in [2.24, 2.45) is 0 Å². The Bertz CT molecular complexity index is 721. The Hall–Kier alpha value is -2.41. The molecule has 0 aliphatic rings. The Kier molecular flexibility index (Phi) is 5.70. The Morgan fingerprint density at radius 2 is 2.04 bits per heavy atom. The number of hydrogen-bond acceptors (Lipinski definition) is 5. The van der Waals surface area contributed by atoms with E-state index in [9.17, 15) is 9.59 Å². The maximum absolute atomic E-state index is 12.1. The lowest BCUT2D eigenvalue weighted by Gasteiger charge is -2.14.